The Balaban J connectivity index is 2.66. The molecule has 0 fully saturated rings. The van der Waals surface area contributed by atoms with Gasteiger partial charge in [0.05, 0.1) is 6.61 Å². The molecule has 0 spiro atoms. The average Bonchev–Trinajstić information content (AvgIpc) is 2.68. The molecule has 1 rings (SSSR count). The minimum Gasteiger partial charge on any atom is -0.461 e. The van der Waals surface area contributed by atoms with E-state index in [9.17, 15) is 9.59 Å². The fourth-order valence-corrected chi connectivity index (χ4v) is 1.99. The quantitative estimate of drug-likeness (QED) is 0.772. The zero-order valence-electron chi connectivity index (χ0n) is 10.5. The van der Waals surface area contributed by atoms with Crippen molar-refractivity contribution in [2.75, 3.05) is 17.7 Å². The number of aromatic nitrogens is 1. The van der Waals surface area contributed by atoms with Gasteiger partial charge in [0.1, 0.15) is 5.00 Å². The van der Waals surface area contributed by atoms with Crippen LogP contribution in [0.3, 0.4) is 0 Å². The number of anilines is 2. The van der Waals surface area contributed by atoms with Crippen molar-refractivity contribution in [2.45, 2.75) is 33.1 Å². The number of esters is 1. The Morgan fingerprint density at radius 2 is 2.17 bits per heavy atom. The molecule has 6 nitrogen and oxygen atoms in total. The molecule has 1 aromatic heterocycles. The molecule has 1 heterocycles. The van der Waals surface area contributed by atoms with Crippen molar-refractivity contribution in [3.63, 3.8) is 0 Å². The molecule has 0 aromatic carbocycles. The lowest BCUT2D eigenvalue weighted by atomic mass is 10.2. The molecule has 0 radical (unpaired) electrons. The highest BCUT2D eigenvalue weighted by Gasteiger charge is 2.18. The van der Waals surface area contributed by atoms with E-state index in [2.05, 4.69) is 10.3 Å². The number of carbonyl (C=O) groups is 2. The lowest BCUT2D eigenvalue weighted by Crippen LogP contribution is -2.11. The summed E-state index contributed by atoms with van der Waals surface area (Å²) in [7, 11) is 0. The molecule has 100 valence electrons. The predicted molar refractivity (Wildman–Crippen MR) is 70.6 cm³/mol. The summed E-state index contributed by atoms with van der Waals surface area (Å²) in [6.45, 7) is 3.97. The summed E-state index contributed by atoms with van der Waals surface area (Å²) in [6.07, 6.45) is 2.20. The maximum Gasteiger partial charge on any atom is 0.360 e. The smallest absolute Gasteiger partial charge is 0.360 e. The van der Waals surface area contributed by atoms with Crippen molar-refractivity contribution in [3.8, 4) is 0 Å². The molecule has 1 aromatic rings. The Morgan fingerprint density at radius 3 is 2.78 bits per heavy atom. The van der Waals surface area contributed by atoms with Crippen LogP contribution in [0.5, 0.6) is 0 Å². The Morgan fingerprint density at radius 1 is 1.44 bits per heavy atom. The molecule has 7 heteroatoms. The fraction of sp³-hybridized carbons (Fsp3) is 0.545. The number of hydrogen-bond acceptors (Lipinski definition) is 6. The van der Waals surface area contributed by atoms with Crippen LogP contribution in [0.2, 0.25) is 0 Å². The van der Waals surface area contributed by atoms with Crippen molar-refractivity contribution in [2.24, 2.45) is 0 Å². The van der Waals surface area contributed by atoms with Crippen LogP contribution in [0, 0.1) is 0 Å². The standard InChI is InChI=1S/C11H17N3O3S/c1-3-5-6-7(15)13-11-14-8(9(12)18-11)10(16)17-4-2/h3-6,12H2,1-2H3,(H,13,14,15). The second-order valence-corrected chi connectivity index (χ2v) is 4.63. The third-order valence-electron chi connectivity index (χ3n) is 2.13. The highest BCUT2D eigenvalue weighted by molar-refractivity contribution is 7.19. The van der Waals surface area contributed by atoms with E-state index in [1.807, 2.05) is 6.92 Å². The molecule has 0 unspecified atom stereocenters. The Labute approximate surface area is 110 Å². The van der Waals surface area contributed by atoms with Crippen LogP contribution in [0.1, 0.15) is 43.6 Å². The lowest BCUT2D eigenvalue weighted by molar-refractivity contribution is -0.116. The molecular weight excluding hydrogens is 254 g/mol. The van der Waals surface area contributed by atoms with Gasteiger partial charge in [-0.15, -0.1) is 0 Å². The van der Waals surface area contributed by atoms with Gasteiger partial charge in [0.2, 0.25) is 5.91 Å². The SMILES string of the molecule is CCCCC(=O)Nc1nc(C(=O)OCC)c(N)s1. The minimum absolute atomic E-state index is 0.0626. The number of carbonyl (C=O) groups excluding carboxylic acids is 2. The van der Waals surface area contributed by atoms with Crippen molar-refractivity contribution >= 4 is 33.3 Å². The predicted octanol–water partition coefficient (Wildman–Crippen LogP) is 2.03. The zero-order chi connectivity index (χ0) is 13.5. The van der Waals surface area contributed by atoms with Crippen molar-refractivity contribution in [1.82, 2.24) is 4.98 Å². The first-order chi connectivity index (χ1) is 8.58. The maximum absolute atomic E-state index is 11.5. The molecule has 0 aliphatic rings. The van der Waals surface area contributed by atoms with Gasteiger partial charge >= 0.3 is 5.97 Å². The molecule has 0 saturated heterocycles. The first kappa shape index (κ1) is 14.4. The van der Waals surface area contributed by atoms with Gasteiger partial charge in [-0.2, -0.15) is 0 Å². The monoisotopic (exact) mass is 271 g/mol. The van der Waals surface area contributed by atoms with E-state index < -0.39 is 5.97 Å². The summed E-state index contributed by atoms with van der Waals surface area (Å²) in [6, 6.07) is 0. The number of hydrogen-bond donors (Lipinski definition) is 2. The molecule has 0 atom stereocenters. The fourth-order valence-electron chi connectivity index (χ4n) is 1.25. The van der Waals surface area contributed by atoms with Gasteiger partial charge in [0.25, 0.3) is 0 Å². The highest BCUT2D eigenvalue weighted by Crippen LogP contribution is 2.26. The molecule has 0 saturated carbocycles. The number of nitrogens with zero attached hydrogens (tertiary/aromatic N) is 1. The van der Waals surface area contributed by atoms with E-state index in [4.69, 9.17) is 10.5 Å². The van der Waals surface area contributed by atoms with Crippen LogP contribution in [0.15, 0.2) is 0 Å². The second-order valence-electron chi connectivity index (χ2n) is 3.60. The molecule has 0 aliphatic heterocycles. The van der Waals surface area contributed by atoms with Crippen LogP contribution >= 0.6 is 11.3 Å². The highest BCUT2D eigenvalue weighted by atomic mass is 32.1. The molecule has 3 N–H and O–H groups in total. The summed E-state index contributed by atoms with van der Waals surface area (Å²) >= 11 is 1.06. The summed E-state index contributed by atoms with van der Waals surface area (Å²) in [5, 5.41) is 3.20. The van der Waals surface area contributed by atoms with Gasteiger partial charge in [0, 0.05) is 6.42 Å². The molecule has 18 heavy (non-hydrogen) atoms. The second kappa shape index (κ2) is 6.95. The van der Waals surface area contributed by atoms with Crippen LogP contribution in [-0.4, -0.2) is 23.5 Å². The van der Waals surface area contributed by atoms with Gasteiger partial charge < -0.3 is 15.8 Å². The van der Waals surface area contributed by atoms with E-state index in [-0.39, 0.29) is 23.2 Å². The van der Waals surface area contributed by atoms with E-state index in [0.29, 0.717) is 11.6 Å². The van der Waals surface area contributed by atoms with Crippen molar-refractivity contribution in [1.29, 1.82) is 0 Å². The summed E-state index contributed by atoms with van der Waals surface area (Å²) in [5.74, 6) is -0.693. The summed E-state index contributed by atoms with van der Waals surface area (Å²) in [5.41, 5.74) is 5.71. The number of unbranched alkanes of at least 4 members (excludes halogenated alkanes) is 1. The third-order valence-corrected chi connectivity index (χ3v) is 2.93. The van der Waals surface area contributed by atoms with Crippen molar-refractivity contribution < 1.29 is 14.3 Å². The third kappa shape index (κ3) is 3.99. The number of ether oxygens (including phenoxy) is 1. The Kier molecular flexibility index (Phi) is 5.57. The molecule has 0 aliphatic carbocycles. The topological polar surface area (TPSA) is 94.3 Å². The number of nitrogen functional groups attached to an aromatic ring is 1. The first-order valence-corrected chi connectivity index (χ1v) is 6.63. The van der Waals surface area contributed by atoms with E-state index in [1.54, 1.807) is 6.92 Å². The summed E-state index contributed by atoms with van der Waals surface area (Å²) in [4.78, 5) is 26.9. The van der Waals surface area contributed by atoms with E-state index in [0.717, 1.165) is 24.2 Å². The Bertz CT molecular complexity index is 431. The van der Waals surface area contributed by atoms with E-state index in [1.165, 1.54) is 0 Å². The van der Waals surface area contributed by atoms with Gasteiger partial charge in [-0.25, -0.2) is 9.78 Å². The largest absolute Gasteiger partial charge is 0.461 e. The number of nitrogens with two attached hydrogens (primary N) is 1. The van der Waals surface area contributed by atoms with Crippen molar-refractivity contribution in [3.05, 3.63) is 5.69 Å². The van der Waals surface area contributed by atoms with Gasteiger partial charge in [-0.05, 0) is 13.3 Å². The number of nitrogens with one attached hydrogen (secondary N) is 1. The first-order valence-electron chi connectivity index (χ1n) is 5.81. The number of thiazole rings is 1. The number of rotatable bonds is 6. The minimum atomic E-state index is -0.569. The Hall–Kier alpha value is -1.63. The van der Waals surface area contributed by atoms with Crippen LogP contribution in [0.25, 0.3) is 0 Å². The van der Waals surface area contributed by atoms with Gasteiger partial charge in [0.15, 0.2) is 10.8 Å². The normalized spacial score (nSPS) is 10.1. The van der Waals surface area contributed by atoms with Gasteiger partial charge in [-0.1, -0.05) is 24.7 Å². The summed E-state index contributed by atoms with van der Waals surface area (Å²) < 4.78 is 4.80. The van der Waals surface area contributed by atoms with Crippen LogP contribution < -0.4 is 11.1 Å². The molecule has 1 amide bonds. The molecule has 0 bridgehead atoms. The molecular formula is C11H17N3O3S. The average molecular weight is 271 g/mol. The van der Waals surface area contributed by atoms with Gasteiger partial charge in [-0.3, -0.25) is 4.79 Å². The lowest BCUT2D eigenvalue weighted by Gasteiger charge is -1.99. The van der Waals surface area contributed by atoms with E-state index >= 15 is 0 Å². The number of amides is 1. The van der Waals surface area contributed by atoms with Crippen LogP contribution in [0.4, 0.5) is 10.1 Å². The zero-order valence-corrected chi connectivity index (χ0v) is 11.3. The maximum atomic E-state index is 11.5. The van der Waals surface area contributed by atoms with Crippen LogP contribution in [-0.2, 0) is 9.53 Å².